The third-order valence-corrected chi connectivity index (χ3v) is 3.56. The summed E-state index contributed by atoms with van der Waals surface area (Å²) in [6.07, 6.45) is -3.30. The molecule has 2 rings (SSSR count). The van der Waals surface area contributed by atoms with Crippen LogP contribution in [-0.2, 0) is 0 Å². The molecule has 1 N–H and O–H groups in total. The van der Waals surface area contributed by atoms with E-state index in [-0.39, 0.29) is 5.56 Å². The summed E-state index contributed by atoms with van der Waals surface area (Å²) in [7, 11) is 2.00. The summed E-state index contributed by atoms with van der Waals surface area (Å²) in [6.45, 7) is 2.24. The standard InChI is InChI=1S/C14H19F3N2/c1-19-8-7-11(10-19)9-18-13(14(15,16)17)12-5-3-2-4-6-12/h2-6,11,13,18H,7-10H2,1H3. The van der Waals surface area contributed by atoms with Crippen molar-refractivity contribution in [1.82, 2.24) is 10.2 Å². The lowest BCUT2D eigenvalue weighted by atomic mass is 10.0. The van der Waals surface area contributed by atoms with Gasteiger partial charge in [-0.05, 0) is 31.5 Å². The molecule has 1 aromatic rings. The fourth-order valence-corrected chi connectivity index (χ4v) is 2.55. The molecule has 0 bridgehead atoms. The fraction of sp³-hybridized carbons (Fsp3) is 0.571. The summed E-state index contributed by atoms with van der Waals surface area (Å²) in [5, 5.41) is 2.69. The zero-order chi connectivity index (χ0) is 13.9. The molecule has 2 nitrogen and oxygen atoms in total. The summed E-state index contributed by atoms with van der Waals surface area (Å²) in [4.78, 5) is 2.15. The number of rotatable bonds is 4. The molecule has 2 atom stereocenters. The van der Waals surface area contributed by atoms with Crippen molar-refractivity contribution in [1.29, 1.82) is 0 Å². The number of hydrogen-bond acceptors (Lipinski definition) is 2. The molecule has 5 heteroatoms. The molecule has 0 radical (unpaired) electrons. The SMILES string of the molecule is CN1CCC(CNC(c2ccccc2)C(F)(F)F)C1. The van der Waals surface area contributed by atoms with Gasteiger partial charge in [0, 0.05) is 13.1 Å². The minimum Gasteiger partial charge on any atom is -0.306 e. The largest absolute Gasteiger partial charge is 0.407 e. The number of halogens is 3. The summed E-state index contributed by atoms with van der Waals surface area (Å²) in [5.41, 5.74) is 0.279. The van der Waals surface area contributed by atoms with Crippen LogP contribution in [0.5, 0.6) is 0 Å². The van der Waals surface area contributed by atoms with Crippen LogP contribution in [-0.4, -0.2) is 37.8 Å². The molecule has 1 saturated heterocycles. The van der Waals surface area contributed by atoms with Crippen LogP contribution in [0.25, 0.3) is 0 Å². The zero-order valence-electron chi connectivity index (χ0n) is 11.0. The predicted octanol–water partition coefficient (Wildman–Crippen LogP) is 2.83. The first-order chi connectivity index (χ1) is 8.97. The van der Waals surface area contributed by atoms with Crippen molar-refractivity contribution in [3.05, 3.63) is 35.9 Å². The molecule has 106 valence electrons. The molecule has 0 saturated carbocycles. The molecule has 0 amide bonds. The average Bonchev–Trinajstić information content (AvgIpc) is 2.75. The molecule has 0 aromatic heterocycles. The van der Waals surface area contributed by atoms with Crippen LogP contribution in [0.3, 0.4) is 0 Å². The lowest BCUT2D eigenvalue weighted by Crippen LogP contribution is -2.37. The van der Waals surface area contributed by atoms with Gasteiger partial charge in [-0.1, -0.05) is 30.3 Å². The maximum absolute atomic E-state index is 13.1. The van der Waals surface area contributed by atoms with Gasteiger partial charge in [0.1, 0.15) is 6.04 Å². The van der Waals surface area contributed by atoms with Gasteiger partial charge in [0.05, 0.1) is 0 Å². The van der Waals surface area contributed by atoms with E-state index in [1.54, 1.807) is 18.2 Å². The molecule has 0 spiro atoms. The van der Waals surface area contributed by atoms with Crippen molar-refractivity contribution >= 4 is 0 Å². The van der Waals surface area contributed by atoms with Crippen molar-refractivity contribution in [2.24, 2.45) is 5.92 Å². The highest BCUT2D eigenvalue weighted by atomic mass is 19.4. The maximum atomic E-state index is 13.1. The Hall–Kier alpha value is -1.07. The first kappa shape index (κ1) is 14.3. The van der Waals surface area contributed by atoms with Gasteiger partial charge < -0.3 is 10.2 Å². The van der Waals surface area contributed by atoms with E-state index in [1.165, 1.54) is 12.1 Å². The topological polar surface area (TPSA) is 15.3 Å². The summed E-state index contributed by atoms with van der Waals surface area (Å²) >= 11 is 0. The van der Waals surface area contributed by atoms with Crippen LogP contribution in [0.4, 0.5) is 13.2 Å². The number of likely N-dealkylation sites (tertiary alicyclic amines) is 1. The van der Waals surface area contributed by atoms with Crippen LogP contribution in [0.1, 0.15) is 18.0 Å². The van der Waals surface area contributed by atoms with Gasteiger partial charge in [0.25, 0.3) is 0 Å². The van der Waals surface area contributed by atoms with E-state index >= 15 is 0 Å². The number of alkyl halides is 3. The molecule has 2 unspecified atom stereocenters. The highest BCUT2D eigenvalue weighted by Gasteiger charge is 2.40. The molecule has 0 aliphatic carbocycles. The third kappa shape index (κ3) is 3.94. The number of benzene rings is 1. The summed E-state index contributed by atoms with van der Waals surface area (Å²) in [6, 6.07) is 6.47. The fourth-order valence-electron chi connectivity index (χ4n) is 2.55. The molecule has 1 fully saturated rings. The molecule has 1 aromatic carbocycles. The van der Waals surface area contributed by atoms with Gasteiger partial charge >= 0.3 is 6.18 Å². The molecular weight excluding hydrogens is 253 g/mol. The second-order valence-corrected chi connectivity index (χ2v) is 5.21. The third-order valence-electron chi connectivity index (χ3n) is 3.56. The van der Waals surface area contributed by atoms with E-state index in [1.807, 2.05) is 7.05 Å². The lowest BCUT2D eigenvalue weighted by molar-refractivity contribution is -0.158. The van der Waals surface area contributed by atoms with Gasteiger partial charge in [-0.15, -0.1) is 0 Å². The van der Waals surface area contributed by atoms with E-state index < -0.39 is 12.2 Å². The van der Waals surface area contributed by atoms with Crippen molar-refractivity contribution in [3.63, 3.8) is 0 Å². The molecule has 1 heterocycles. The Labute approximate surface area is 111 Å². The van der Waals surface area contributed by atoms with Gasteiger partial charge in [-0.2, -0.15) is 13.2 Å². The van der Waals surface area contributed by atoms with E-state index in [2.05, 4.69) is 10.2 Å². The highest BCUT2D eigenvalue weighted by Crippen LogP contribution is 2.32. The molecule has 1 aliphatic heterocycles. The number of nitrogens with one attached hydrogen (secondary N) is 1. The predicted molar refractivity (Wildman–Crippen MR) is 68.8 cm³/mol. The molecule has 19 heavy (non-hydrogen) atoms. The first-order valence-electron chi connectivity index (χ1n) is 6.50. The Morgan fingerprint density at radius 2 is 2.00 bits per heavy atom. The lowest BCUT2D eigenvalue weighted by Gasteiger charge is -2.23. The molecular formula is C14H19F3N2. The molecule has 1 aliphatic rings. The second kappa shape index (κ2) is 5.92. The average molecular weight is 272 g/mol. The van der Waals surface area contributed by atoms with Crippen molar-refractivity contribution in [3.8, 4) is 0 Å². The van der Waals surface area contributed by atoms with Crippen LogP contribution in [0.2, 0.25) is 0 Å². The minimum absolute atomic E-state index is 0.279. The highest BCUT2D eigenvalue weighted by molar-refractivity contribution is 5.20. The van der Waals surface area contributed by atoms with Gasteiger partial charge in [-0.3, -0.25) is 0 Å². The van der Waals surface area contributed by atoms with E-state index in [0.29, 0.717) is 12.5 Å². The Balaban J connectivity index is 1.99. The quantitative estimate of drug-likeness (QED) is 0.906. The van der Waals surface area contributed by atoms with Crippen LogP contribution in [0.15, 0.2) is 30.3 Å². The van der Waals surface area contributed by atoms with Crippen molar-refractivity contribution < 1.29 is 13.2 Å². The first-order valence-corrected chi connectivity index (χ1v) is 6.50. The van der Waals surface area contributed by atoms with Crippen LogP contribution in [0, 0.1) is 5.92 Å². The Bertz CT molecular complexity index is 391. The van der Waals surface area contributed by atoms with Crippen molar-refractivity contribution in [2.75, 3.05) is 26.7 Å². The summed E-state index contributed by atoms with van der Waals surface area (Å²) in [5.74, 6) is 0.304. The van der Waals surface area contributed by atoms with E-state index in [4.69, 9.17) is 0 Å². The smallest absolute Gasteiger partial charge is 0.306 e. The van der Waals surface area contributed by atoms with Gasteiger partial charge in [0.2, 0.25) is 0 Å². The van der Waals surface area contributed by atoms with E-state index in [9.17, 15) is 13.2 Å². The zero-order valence-corrected chi connectivity index (χ0v) is 11.0. The summed E-state index contributed by atoms with van der Waals surface area (Å²) < 4.78 is 39.3. The number of nitrogens with zero attached hydrogens (tertiary/aromatic N) is 1. The Morgan fingerprint density at radius 3 is 2.53 bits per heavy atom. The van der Waals surface area contributed by atoms with Crippen molar-refractivity contribution in [2.45, 2.75) is 18.6 Å². The van der Waals surface area contributed by atoms with Gasteiger partial charge in [-0.25, -0.2) is 0 Å². The number of hydrogen-bond donors (Lipinski definition) is 1. The minimum atomic E-state index is -4.26. The second-order valence-electron chi connectivity index (χ2n) is 5.21. The Kier molecular flexibility index (Phi) is 4.47. The van der Waals surface area contributed by atoms with Crippen LogP contribution >= 0.6 is 0 Å². The van der Waals surface area contributed by atoms with E-state index in [0.717, 1.165) is 19.5 Å². The van der Waals surface area contributed by atoms with Gasteiger partial charge in [0.15, 0.2) is 0 Å². The maximum Gasteiger partial charge on any atom is 0.407 e. The Morgan fingerprint density at radius 1 is 1.32 bits per heavy atom. The van der Waals surface area contributed by atoms with Crippen LogP contribution < -0.4 is 5.32 Å². The normalized spacial score (nSPS) is 22.6. The monoisotopic (exact) mass is 272 g/mol.